The molecule has 2 aromatic rings. The highest BCUT2D eigenvalue weighted by Gasteiger charge is 2.15. The zero-order chi connectivity index (χ0) is 19.9. The Labute approximate surface area is 158 Å². The van der Waals surface area contributed by atoms with Gasteiger partial charge in [-0.15, -0.1) is 0 Å². The minimum atomic E-state index is -0.532. The van der Waals surface area contributed by atoms with Crippen molar-refractivity contribution in [3.05, 3.63) is 48.3 Å². The maximum absolute atomic E-state index is 11.9. The zero-order valence-electron chi connectivity index (χ0n) is 15.9. The molecule has 0 fully saturated rings. The van der Waals surface area contributed by atoms with Crippen LogP contribution in [0.25, 0.3) is 11.1 Å². The van der Waals surface area contributed by atoms with E-state index in [2.05, 4.69) is 10.3 Å². The molecule has 1 amide bonds. The first-order valence-corrected chi connectivity index (χ1v) is 8.52. The van der Waals surface area contributed by atoms with E-state index in [1.807, 2.05) is 12.1 Å². The highest BCUT2D eigenvalue weighted by molar-refractivity contribution is 5.96. The van der Waals surface area contributed by atoms with Crippen molar-refractivity contribution in [1.82, 2.24) is 10.3 Å². The second kappa shape index (κ2) is 9.02. The normalized spacial score (nSPS) is 10.8. The number of aromatic nitrogens is 1. The van der Waals surface area contributed by atoms with Gasteiger partial charge in [0.25, 0.3) is 0 Å². The lowest BCUT2D eigenvalue weighted by molar-refractivity contribution is 0.0519. The monoisotopic (exact) mass is 372 g/mol. The summed E-state index contributed by atoms with van der Waals surface area (Å²) in [5, 5.41) is 2.63. The first-order valence-electron chi connectivity index (χ1n) is 8.52. The van der Waals surface area contributed by atoms with Crippen LogP contribution in [-0.4, -0.2) is 42.9 Å². The number of pyridine rings is 1. The number of esters is 1. The van der Waals surface area contributed by atoms with Gasteiger partial charge in [0.1, 0.15) is 18.0 Å². The van der Waals surface area contributed by atoms with Crippen molar-refractivity contribution in [2.45, 2.75) is 26.4 Å². The summed E-state index contributed by atoms with van der Waals surface area (Å²) in [5.41, 5.74) is 1.42. The van der Waals surface area contributed by atoms with Crippen molar-refractivity contribution in [2.75, 3.05) is 20.3 Å². The van der Waals surface area contributed by atoms with Crippen molar-refractivity contribution >= 4 is 12.1 Å². The van der Waals surface area contributed by atoms with Crippen molar-refractivity contribution in [3.8, 4) is 16.9 Å². The van der Waals surface area contributed by atoms with Crippen LogP contribution in [0.4, 0.5) is 4.79 Å². The SMILES string of the molecule is COC(=O)c1ccncc1-c1ccc(OCCNC(=O)OC(C)(C)C)cc1. The molecular weight excluding hydrogens is 348 g/mol. The molecule has 0 spiro atoms. The molecule has 144 valence electrons. The molecule has 0 aliphatic heterocycles. The molecule has 0 saturated heterocycles. The summed E-state index contributed by atoms with van der Waals surface area (Å²) in [6, 6.07) is 8.86. The molecule has 1 heterocycles. The fraction of sp³-hybridized carbons (Fsp3) is 0.350. The first kappa shape index (κ1) is 20.2. The summed E-state index contributed by atoms with van der Waals surface area (Å²) in [6.45, 7) is 6.04. The third-order valence-corrected chi connectivity index (χ3v) is 3.43. The standard InChI is InChI=1S/C20H24N2O5/c1-20(2,3)27-19(24)22-11-12-26-15-7-5-14(6-8-15)17-13-21-10-9-16(17)18(23)25-4/h5-10,13H,11-12H2,1-4H3,(H,22,24). The minimum absolute atomic E-state index is 0.304. The van der Waals surface area contributed by atoms with Gasteiger partial charge in [-0.25, -0.2) is 9.59 Å². The number of carbonyl (C=O) groups is 2. The van der Waals surface area contributed by atoms with Gasteiger partial charge >= 0.3 is 12.1 Å². The highest BCUT2D eigenvalue weighted by atomic mass is 16.6. The Morgan fingerprint density at radius 2 is 1.81 bits per heavy atom. The van der Waals surface area contributed by atoms with Crippen LogP contribution < -0.4 is 10.1 Å². The van der Waals surface area contributed by atoms with Crippen molar-refractivity contribution in [1.29, 1.82) is 0 Å². The van der Waals surface area contributed by atoms with Crippen LogP contribution in [0.1, 0.15) is 31.1 Å². The van der Waals surface area contributed by atoms with E-state index in [9.17, 15) is 9.59 Å². The number of rotatable bonds is 6. The number of hydrogen-bond acceptors (Lipinski definition) is 6. The van der Waals surface area contributed by atoms with E-state index < -0.39 is 17.7 Å². The van der Waals surface area contributed by atoms with Gasteiger partial charge in [0.15, 0.2) is 0 Å². The number of hydrogen-bond donors (Lipinski definition) is 1. The van der Waals surface area contributed by atoms with Gasteiger partial charge in [-0.3, -0.25) is 4.98 Å². The Morgan fingerprint density at radius 3 is 2.44 bits per heavy atom. The zero-order valence-corrected chi connectivity index (χ0v) is 15.9. The second-order valence-corrected chi connectivity index (χ2v) is 6.71. The number of carbonyl (C=O) groups excluding carboxylic acids is 2. The predicted octanol–water partition coefficient (Wildman–Crippen LogP) is 3.44. The molecule has 0 radical (unpaired) electrons. The fourth-order valence-electron chi connectivity index (χ4n) is 2.28. The van der Waals surface area contributed by atoms with Gasteiger partial charge in [0.05, 0.1) is 19.2 Å². The van der Waals surface area contributed by atoms with Gasteiger partial charge in [0, 0.05) is 18.0 Å². The smallest absolute Gasteiger partial charge is 0.407 e. The molecule has 0 saturated carbocycles. The van der Waals surface area contributed by atoms with Crippen molar-refractivity contribution in [2.24, 2.45) is 0 Å². The lowest BCUT2D eigenvalue weighted by Gasteiger charge is -2.19. The first-order chi connectivity index (χ1) is 12.8. The molecule has 1 aromatic carbocycles. The lowest BCUT2D eigenvalue weighted by atomic mass is 10.0. The third-order valence-electron chi connectivity index (χ3n) is 3.43. The van der Waals surface area contributed by atoms with Crippen LogP contribution in [-0.2, 0) is 9.47 Å². The maximum atomic E-state index is 11.9. The Kier molecular flexibility index (Phi) is 6.76. The summed E-state index contributed by atoms with van der Waals surface area (Å²) in [7, 11) is 1.34. The molecular formula is C20H24N2O5. The summed E-state index contributed by atoms with van der Waals surface area (Å²) in [4.78, 5) is 27.5. The van der Waals surface area contributed by atoms with E-state index >= 15 is 0 Å². The molecule has 0 bridgehead atoms. The van der Waals surface area contributed by atoms with Gasteiger partial charge in [-0.05, 0) is 44.5 Å². The quantitative estimate of drug-likeness (QED) is 0.617. The van der Waals surface area contributed by atoms with Crippen LogP contribution in [0.5, 0.6) is 5.75 Å². The summed E-state index contributed by atoms with van der Waals surface area (Å²) in [6.07, 6.45) is 2.69. The molecule has 7 heteroatoms. The Balaban J connectivity index is 1.91. The predicted molar refractivity (Wildman–Crippen MR) is 101 cm³/mol. The van der Waals surface area contributed by atoms with Gasteiger partial charge in [-0.1, -0.05) is 12.1 Å². The molecule has 0 aliphatic rings. The number of methoxy groups -OCH3 is 1. The number of ether oxygens (including phenoxy) is 3. The molecule has 1 N–H and O–H groups in total. The molecule has 27 heavy (non-hydrogen) atoms. The van der Waals surface area contributed by atoms with E-state index in [1.165, 1.54) is 7.11 Å². The average molecular weight is 372 g/mol. The van der Waals surface area contributed by atoms with Gasteiger partial charge < -0.3 is 19.5 Å². The molecule has 1 aromatic heterocycles. The number of amides is 1. The molecule has 7 nitrogen and oxygen atoms in total. The summed E-state index contributed by atoms with van der Waals surface area (Å²) >= 11 is 0. The lowest BCUT2D eigenvalue weighted by Crippen LogP contribution is -2.34. The van der Waals surface area contributed by atoms with Crippen LogP contribution in [0.3, 0.4) is 0 Å². The van der Waals surface area contributed by atoms with Crippen LogP contribution in [0, 0.1) is 0 Å². The Hall–Kier alpha value is -3.09. The number of nitrogens with zero attached hydrogens (tertiary/aromatic N) is 1. The van der Waals surface area contributed by atoms with Crippen LogP contribution in [0.2, 0.25) is 0 Å². The Bertz CT molecular complexity index is 782. The Morgan fingerprint density at radius 1 is 1.11 bits per heavy atom. The molecule has 2 rings (SSSR count). The topological polar surface area (TPSA) is 86.8 Å². The van der Waals surface area contributed by atoms with E-state index in [1.54, 1.807) is 51.4 Å². The van der Waals surface area contributed by atoms with Crippen LogP contribution >= 0.6 is 0 Å². The summed E-state index contributed by atoms with van der Waals surface area (Å²) in [5.74, 6) is 0.231. The maximum Gasteiger partial charge on any atom is 0.407 e. The molecule has 0 atom stereocenters. The van der Waals surface area contributed by atoms with Gasteiger partial charge in [0.2, 0.25) is 0 Å². The number of alkyl carbamates (subject to hydrolysis) is 1. The summed E-state index contributed by atoms with van der Waals surface area (Å²) < 4.78 is 15.5. The average Bonchev–Trinajstić information content (AvgIpc) is 2.64. The van der Waals surface area contributed by atoms with Crippen molar-refractivity contribution in [3.63, 3.8) is 0 Å². The van der Waals surface area contributed by atoms with Crippen molar-refractivity contribution < 1.29 is 23.8 Å². The largest absolute Gasteiger partial charge is 0.492 e. The van der Waals surface area contributed by atoms with E-state index in [-0.39, 0.29) is 0 Å². The van der Waals surface area contributed by atoms with E-state index in [4.69, 9.17) is 14.2 Å². The minimum Gasteiger partial charge on any atom is -0.492 e. The van der Waals surface area contributed by atoms with E-state index in [0.717, 1.165) is 5.56 Å². The number of benzene rings is 1. The van der Waals surface area contributed by atoms with Crippen LogP contribution in [0.15, 0.2) is 42.7 Å². The van der Waals surface area contributed by atoms with E-state index in [0.29, 0.717) is 30.0 Å². The second-order valence-electron chi connectivity index (χ2n) is 6.71. The highest BCUT2D eigenvalue weighted by Crippen LogP contribution is 2.25. The third kappa shape index (κ3) is 6.29. The number of nitrogens with one attached hydrogen (secondary N) is 1. The van der Waals surface area contributed by atoms with Gasteiger partial charge in [-0.2, -0.15) is 0 Å². The molecule has 0 aliphatic carbocycles. The fourth-order valence-corrected chi connectivity index (χ4v) is 2.28. The molecule has 0 unspecified atom stereocenters.